The van der Waals surface area contributed by atoms with Gasteiger partial charge in [-0.2, -0.15) is 4.98 Å². The predicted octanol–water partition coefficient (Wildman–Crippen LogP) is 0.820. The molecule has 1 aliphatic rings. The second kappa shape index (κ2) is 5.41. The number of anilines is 1. The van der Waals surface area contributed by atoms with Crippen LogP contribution in [0, 0.1) is 5.92 Å². The number of nitrogens with zero attached hydrogens (tertiary/aromatic N) is 3. The molecule has 7 nitrogen and oxygen atoms in total. The quantitative estimate of drug-likeness (QED) is 0.627. The molecule has 0 atom stereocenters. The number of hydrogen-bond acceptors (Lipinski definition) is 6. The lowest BCUT2D eigenvalue weighted by Crippen LogP contribution is -2.22. The molecule has 0 radical (unpaired) electrons. The Morgan fingerprint density at radius 1 is 1.47 bits per heavy atom. The third-order valence-corrected chi connectivity index (χ3v) is 3.29. The first-order chi connectivity index (χ1) is 9.36. The van der Waals surface area contributed by atoms with Crippen molar-refractivity contribution in [1.82, 2.24) is 14.4 Å². The minimum Gasteiger partial charge on any atom is -0.475 e. The van der Waals surface area contributed by atoms with Crippen LogP contribution in [0.25, 0.3) is 5.65 Å². The van der Waals surface area contributed by atoms with E-state index in [9.17, 15) is 0 Å². The zero-order valence-electron chi connectivity index (χ0n) is 10.6. The van der Waals surface area contributed by atoms with E-state index < -0.39 is 0 Å². The molecule has 1 fully saturated rings. The van der Waals surface area contributed by atoms with Gasteiger partial charge in [0.15, 0.2) is 5.82 Å². The van der Waals surface area contributed by atoms with E-state index in [1.165, 1.54) is 0 Å². The van der Waals surface area contributed by atoms with Gasteiger partial charge < -0.3 is 14.9 Å². The molecule has 0 amide bonds. The van der Waals surface area contributed by atoms with Crippen molar-refractivity contribution in [3.8, 4) is 5.88 Å². The summed E-state index contributed by atoms with van der Waals surface area (Å²) < 4.78 is 13.0. The number of nitrogens with two attached hydrogens (primary N) is 1. The number of hydrogen-bond donors (Lipinski definition) is 2. The summed E-state index contributed by atoms with van der Waals surface area (Å²) in [6, 6.07) is 0. The zero-order valence-corrected chi connectivity index (χ0v) is 10.6. The first-order valence-corrected chi connectivity index (χ1v) is 6.37. The highest BCUT2D eigenvalue weighted by Gasteiger charge is 2.16. The molecule has 0 bridgehead atoms. The molecule has 3 rings (SSSR count). The van der Waals surface area contributed by atoms with Crippen LogP contribution in [-0.2, 0) is 4.74 Å². The number of rotatable bonds is 4. The van der Waals surface area contributed by atoms with E-state index in [-0.39, 0.29) is 0 Å². The Hall–Kier alpha value is -1.86. The number of imidazole rings is 1. The van der Waals surface area contributed by atoms with Crippen molar-refractivity contribution >= 4 is 11.5 Å². The van der Waals surface area contributed by atoms with E-state index in [2.05, 4.69) is 15.4 Å². The summed E-state index contributed by atoms with van der Waals surface area (Å²) in [5.74, 6) is 6.97. The molecule has 0 saturated carbocycles. The minimum absolute atomic E-state index is 0.506. The second-order valence-corrected chi connectivity index (χ2v) is 4.60. The van der Waals surface area contributed by atoms with Gasteiger partial charge in [0.1, 0.15) is 0 Å². The van der Waals surface area contributed by atoms with Crippen LogP contribution in [0.3, 0.4) is 0 Å². The van der Waals surface area contributed by atoms with Crippen molar-refractivity contribution in [1.29, 1.82) is 0 Å². The molecule has 7 heteroatoms. The van der Waals surface area contributed by atoms with Gasteiger partial charge in [0, 0.05) is 25.6 Å². The van der Waals surface area contributed by atoms with Crippen molar-refractivity contribution in [2.24, 2.45) is 11.8 Å². The third-order valence-electron chi connectivity index (χ3n) is 3.29. The van der Waals surface area contributed by atoms with E-state index in [1.807, 2.05) is 10.6 Å². The van der Waals surface area contributed by atoms with Crippen molar-refractivity contribution in [3.05, 3.63) is 18.6 Å². The summed E-state index contributed by atoms with van der Waals surface area (Å²) in [6.45, 7) is 2.25. The van der Waals surface area contributed by atoms with Gasteiger partial charge in [0.2, 0.25) is 5.65 Å². The maximum atomic E-state index is 5.81. The van der Waals surface area contributed by atoms with Gasteiger partial charge in [0.25, 0.3) is 5.88 Å². The molecule has 1 aliphatic heterocycles. The van der Waals surface area contributed by atoms with Gasteiger partial charge in [0.05, 0.1) is 12.8 Å². The molecular formula is C12H17N5O2. The third kappa shape index (κ3) is 2.61. The fraction of sp³-hybridized carbons (Fsp3) is 0.500. The molecule has 2 aromatic rings. The first kappa shape index (κ1) is 12.2. The topological polar surface area (TPSA) is 86.7 Å². The number of fused-ring (bicyclic) bond motifs is 1. The Bertz CT molecular complexity index is 550. The van der Waals surface area contributed by atoms with Crippen LogP contribution in [0.4, 0.5) is 5.82 Å². The highest BCUT2D eigenvalue weighted by atomic mass is 16.5. The fourth-order valence-electron chi connectivity index (χ4n) is 2.18. The van der Waals surface area contributed by atoms with Crippen molar-refractivity contribution in [2.45, 2.75) is 12.8 Å². The molecule has 0 spiro atoms. The van der Waals surface area contributed by atoms with Crippen molar-refractivity contribution in [3.63, 3.8) is 0 Å². The van der Waals surface area contributed by atoms with Gasteiger partial charge >= 0.3 is 0 Å². The standard InChI is InChI=1S/C12H17N5O2/c13-16-10-7-17-4-3-14-11(17)12(15-10)19-8-9-1-5-18-6-2-9/h3-4,7,9,16H,1-2,5-6,8,13H2. The Labute approximate surface area is 110 Å². The fourth-order valence-corrected chi connectivity index (χ4v) is 2.18. The van der Waals surface area contributed by atoms with Crippen LogP contribution in [0.1, 0.15) is 12.8 Å². The monoisotopic (exact) mass is 263 g/mol. The lowest BCUT2D eigenvalue weighted by molar-refractivity contribution is 0.0492. The van der Waals surface area contributed by atoms with Gasteiger partial charge in [-0.25, -0.2) is 10.8 Å². The molecule has 102 valence electrons. The lowest BCUT2D eigenvalue weighted by Gasteiger charge is -2.21. The van der Waals surface area contributed by atoms with Crippen LogP contribution in [0.5, 0.6) is 5.88 Å². The Morgan fingerprint density at radius 2 is 2.32 bits per heavy atom. The maximum absolute atomic E-state index is 5.81. The van der Waals surface area contributed by atoms with Gasteiger partial charge in [-0.1, -0.05) is 0 Å². The highest BCUT2D eigenvalue weighted by molar-refractivity contribution is 5.53. The molecule has 1 saturated heterocycles. The molecular weight excluding hydrogens is 246 g/mol. The second-order valence-electron chi connectivity index (χ2n) is 4.60. The predicted molar refractivity (Wildman–Crippen MR) is 69.8 cm³/mol. The average molecular weight is 263 g/mol. The highest BCUT2D eigenvalue weighted by Crippen LogP contribution is 2.21. The van der Waals surface area contributed by atoms with Gasteiger partial charge in [-0.3, -0.25) is 4.40 Å². The van der Waals surface area contributed by atoms with Crippen LogP contribution in [-0.4, -0.2) is 34.2 Å². The summed E-state index contributed by atoms with van der Waals surface area (Å²) in [5.41, 5.74) is 3.23. The summed E-state index contributed by atoms with van der Waals surface area (Å²) in [6.07, 6.45) is 7.36. The Morgan fingerprint density at radius 3 is 3.11 bits per heavy atom. The van der Waals surface area contributed by atoms with E-state index in [1.54, 1.807) is 12.4 Å². The Balaban J connectivity index is 1.77. The number of ether oxygens (including phenoxy) is 2. The number of aromatic nitrogens is 3. The van der Waals surface area contributed by atoms with Gasteiger partial charge in [-0.05, 0) is 18.8 Å². The largest absolute Gasteiger partial charge is 0.475 e. The first-order valence-electron chi connectivity index (χ1n) is 6.37. The summed E-state index contributed by atoms with van der Waals surface area (Å²) in [5, 5.41) is 0. The summed E-state index contributed by atoms with van der Waals surface area (Å²) >= 11 is 0. The van der Waals surface area contributed by atoms with E-state index in [0.29, 0.717) is 29.9 Å². The molecule has 19 heavy (non-hydrogen) atoms. The van der Waals surface area contributed by atoms with Crippen molar-refractivity contribution < 1.29 is 9.47 Å². The molecule has 0 unspecified atom stereocenters. The Kier molecular flexibility index (Phi) is 3.47. The molecule has 0 aromatic carbocycles. The molecule has 0 aliphatic carbocycles. The SMILES string of the molecule is NNc1cn2ccnc2c(OCC2CCOCC2)n1. The minimum atomic E-state index is 0.506. The maximum Gasteiger partial charge on any atom is 0.260 e. The van der Waals surface area contributed by atoms with E-state index >= 15 is 0 Å². The summed E-state index contributed by atoms with van der Waals surface area (Å²) in [4.78, 5) is 8.54. The summed E-state index contributed by atoms with van der Waals surface area (Å²) in [7, 11) is 0. The van der Waals surface area contributed by atoms with Gasteiger partial charge in [-0.15, -0.1) is 0 Å². The van der Waals surface area contributed by atoms with Crippen LogP contribution >= 0.6 is 0 Å². The van der Waals surface area contributed by atoms with Crippen LogP contribution in [0.2, 0.25) is 0 Å². The smallest absolute Gasteiger partial charge is 0.260 e. The normalized spacial score (nSPS) is 16.7. The zero-order chi connectivity index (χ0) is 13.1. The van der Waals surface area contributed by atoms with Crippen molar-refractivity contribution in [2.75, 3.05) is 25.2 Å². The number of nitrogens with one attached hydrogen (secondary N) is 1. The van der Waals surface area contributed by atoms with E-state index in [4.69, 9.17) is 15.3 Å². The lowest BCUT2D eigenvalue weighted by atomic mass is 10.0. The van der Waals surface area contributed by atoms with Crippen LogP contribution in [0.15, 0.2) is 18.6 Å². The molecule has 3 N–H and O–H groups in total. The number of nitrogen functional groups attached to an aromatic ring is 1. The van der Waals surface area contributed by atoms with Crippen LogP contribution < -0.4 is 16.0 Å². The number of hydrazine groups is 1. The molecule has 3 heterocycles. The average Bonchev–Trinajstić information content (AvgIpc) is 2.94. The van der Waals surface area contributed by atoms with E-state index in [0.717, 1.165) is 26.1 Å². The molecule has 2 aromatic heterocycles.